The van der Waals surface area contributed by atoms with Crippen molar-refractivity contribution < 1.29 is 23.8 Å². The summed E-state index contributed by atoms with van der Waals surface area (Å²) < 4.78 is 17.4. The molecule has 0 saturated carbocycles. The van der Waals surface area contributed by atoms with Crippen LogP contribution in [-0.4, -0.2) is 35.9 Å². The summed E-state index contributed by atoms with van der Waals surface area (Å²) in [6.45, 7) is 7.74. The van der Waals surface area contributed by atoms with Crippen LogP contribution in [0.5, 0.6) is 0 Å². The largest absolute Gasteiger partial charge is 0.459 e. The van der Waals surface area contributed by atoms with E-state index in [0.29, 0.717) is 12.8 Å². The molecule has 32 heavy (non-hydrogen) atoms. The summed E-state index contributed by atoms with van der Waals surface area (Å²) in [7, 11) is 0. The molecule has 3 rings (SSSR count). The van der Waals surface area contributed by atoms with Gasteiger partial charge in [-0.2, -0.15) is 0 Å². The van der Waals surface area contributed by atoms with Gasteiger partial charge in [-0.05, 0) is 37.3 Å². The summed E-state index contributed by atoms with van der Waals surface area (Å²) in [6.07, 6.45) is -0.260. The predicted molar refractivity (Wildman–Crippen MR) is 122 cm³/mol. The summed E-state index contributed by atoms with van der Waals surface area (Å²) in [5, 5.41) is 2.86. The maximum Gasteiger partial charge on any atom is 0.328 e. The van der Waals surface area contributed by atoms with Crippen LogP contribution in [0.25, 0.3) is 0 Å². The van der Waals surface area contributed by atoms with Crippen molar-refractivity contribution in [1.82, 2.24) is 5.32 Å². The van der Waals surface area contributed by atoms with Gasteiger partial charge < -0.3 is 19.5 Å². The van der Waals surface area contributed by atoms with E-state index < -0.39 is 30.0 Å². The predicted octanol–water partition coefficient (Wildman–Crippen LogP) is 4.02. The average molecular weight is 440 g/mol. The van der Waals surface area contributed by atoms with Crippen LogP contribution < -0.4 is 5.32 Å². The van der Waals surface area contributed by atoms with E-state index in [0.717, 1.165) is 11.1 Å². The minimum atomic E-state index is -0.886. The molecular formula is C26H33NO5. The Morgan fingerprint density at radius 1 is 0.969 bits per heavy atom. The van der Waals surface area contributed by atoms with Crippen molar-refractivity contribution in [1.29, 1.82) is 0 Å². The molecule has 3 atom stereocenters. The van der Waals surface area contributed by atoms with E-state index in [1.165, 1.54) is 0 Å². The van der Waals surface area contributed by atoms with E-state index in [4.69, 9.17) is 14.2 Å². The molecule has 172 valence electrons. The molecule has 1 N–H and O–H groups in total. The van der Waals surface area contributed by atoms with Gasteiger partial charge in [-0.3, -0.25) is 4.79 Å². The molecule has 2 aromatic rings. The van der Waals surface area contributed by atoms with Gasteiger partial charge in [-0.1, -0.05) is 74.5 Å². The lowest BCUT2D eigenvalue weighted by Crippen LogP contribution is -2.49. The summed E-state index contributed by atoms with van der Waals surface area (Å²) >= 11 is 0. The van der Waals surface area contributed by atoms with Gasteiger partial charge >= 0.3 is 5.97 Å². The van der Waals surface area contributed by atoms with E-state index >= 15 is 0 Å². The molecular weight excluding hydrogens is 406 g/mol. The van der Waals surface area contributed by atoms with Gasteiger partial charge in [0.15, 0.2) is 11.9 Å². The Balaban J connectivity index is 1.67. The molecule has 0 aromatic heterocycles. The number of rotatable bonds is 9. The Morgan fingerprint density at radius 3 is 2.16 bits per heavy atom. The lowest BCUT2D eigenvalue weighted by atomic mass is 10.0. The summed E-state index contributed by atoms with van der Waals surface area (Å²) in [4.78, 5) is 26.0. The van der Waals surface area contributed by atoms with Crippen LogP contribution >= 0.6 is 0 Å². The molecule has 1 fully saturated rings. The monoisotopic (exact) mass is 439 g/mol. The quantitative estimate of drug-likeness (QED) is 0.598. The van der Waals surface area contributed by atoms with E-state index in [1.54, 1.807) is 13.8 Å². The average Bonchev–Trinajstić information content (AvgIpc) is 3.06. The first-order valence-corrected chi connectivity index (χ1v) is 11.1. The smallest absolute Gasteiger partial charge is 0.328 e. The zero-order chi connectivity index (χ0) is 23.1. The number of esters is 1. The zero-order valence-corrected chi connectivity index (χ0v) is 19.2. The summed E-state index contributed by atoms with van der Waals surface area (Å²) in [6, 6.07) is 18.6. The minimum Gasteiger partial charge on any atom is -0.459 e. The molecule has 1 amide bonds. The molecule has 0 spiro atoms. The van der Waals surface area contributed by atoms with Gasteiger partial charge in [0.25, 0.3) is 5.91 Å². The molecule has 2 aromatic carbocycles. The lowest BCUT2D eigenvalue weighted by molar-refractivity contribution is -0.158. The normalized spacial score (nSPS) is 20.7. The third-order valence-corrected chi connectivity index (χ3v) is 5.25. The van der Waals surface area contributed by atoms with Gasteiger partial charge in [0.05, 0.1) is 0 Å². The van der Waals surface area contributed by atoms with Crippen molar-refractivity contribution in [2.45, 2.75) is 71.2 Å². The van der Waals surface area contributed by atoms with Crippen molar-refractivity contribution >= 4 is 11.9 Å². The Hall–Kier alpha value is -2.70. The number of hydrogen-bond acceptors (Lipinski definition) is 5. The van der Waals surface area contributed by atoms with Gasteiger partial charge in [0, 0.05) is 6.42 Å². The Labute approximate surface area is 190 Å². The molecule has 6 nitrogen and oxygen atoms in total. The highest BCUT2D eigenvalue weighted by molar-refractivity contribution is 5.87. The number of carbonyl (C=O) groups is 2. The topological polar surface area (TPSA) is 73.9 Å². The van der Waals surface area contributed by atoms with Crippen LogP contribution in [0, 0.1) is 5.92 Å². The van der Waals surface area contributed by atoms with Crippen LogP contribution in [-0.2, 0) is 36.8 Å². The highest BCUT2D eigenvalue weighted by Crippen LogP contribution is 2.30. The van der Waals surface area contributed by atoms with Crippen LogP contribution in [0.1, 0.15) is 45.2 Å². The number of carbonyl (C=O) groups excluding carboxylic acids is 2. The molecule has 1 saturated heterocycles. The van der Waals surface area contributed by atoms with E-state index in [-0.39, 0.29) is 18.4 Å². The number of hydrogen-bond donors (Lipinski definition) is 1. The molecule has 0 aliphatic carbocycles. The van der Waals surface area contributed by atoms with Crippen molar-refractivity contribution in [3.8, 4) is 0 Å². The Morgan fingerprint density at radius 2 is 1.56 bits per heavy atom. The van der Waals surface area contributed by atoms with E-state index in [9.17, 15) is 9.59 Å². The summed E-state index contributed by atoms with van der Waals surface area (Å²) in [5.74, 6) is -1.50. The first kappa shape index (κ1) is 24.0. The standard InChI is InChI=1S/C26H33NO5/c1-18(2)15-21(25(29)30-17-20-13-9-6-10-14-20)27-24(28)23-22(31-26(3,4)32-23)16-19-11-7-5-8-12-19/h5-14,18,21-23H,15-17H2,1-4H3,(H,27,28)/t21-,22-,23-/m0/s1. The number of amides is 1. The van der Waals surface area contributed by atoms with Crippen molar-refractivity contribution in [3.63, 3.8) is 0 Å². The second-order valence-electron chi connectivity index (χ2n) is 9.07. The maximum atomic E-state index is 13.2. The second kappa shape index (κ2) is 10.7. The summed E-state index contributed by atoms with van der Waals surface area (Å²) in [5.41, 5.74) is 1.95. The second-order valence-corrected chi connectivity index (χ2v) is 9.07. The molecule has 1 aliphatic heterocycles. The molecule has 0 bridgehead atoms. The minimum absolute atomic E-state index is 0.164. The van der Waals surface area contributed by atoms with Gasteiger partial charge in [0.2, 0.25) is 0 Å². The Kier molecular flexibility index (Phi) is 8.04. The van der Waals surface area contributed by atoms with Crippen LogP contribution in [0.3, 0.4) is 0 Å². The highest BCUT2D eigenvalue weighted by atomic mass is 16.8. The molecule has 1 heterocycles. The molecule has 0 radical (unpaired) electrons. The fraction of sp³-hybridized carbons (Fsp3) is 0.462. The van der Waals surface area contributed by atoms with Crippen molar-refractivity contribution in [2.24, 2.45) is 5.92 Å². The zero-order valence-electron chi connectivity index (χ0n) is 19.2. The maximum absolute atomic E-state index is 13.2. The lowest BCUT2D eigenvalue weighted by Gasteiger charge is -2.23. The van der Waals surface area contributed by atoms with Gasteiger partial charge in [-0.15, -0.1) is 0 Å². The van der Waals surface area contributed by atoms with Crippen LogP contribution in [0.2, 0.25) is 0 Å². The van der Waals surface area contributed by atoms with E-state index in [1.807, 2.05) is 74.5 Å². The molecule has 6 heteroatoms. The number of ether oxygens (including phenoxy) is 3. The molecule has 1 aliphatic rings. The Bertz CT molecular complexity index is 882. The number of benzene rings is 2. The van der Waals surface area contributed by atoms with Crippen molar-refractivity contribution in [3.05, 3.63) is 71.8 Å². The van der Waals surface area contributed by atoms with Gasteiger partial charge in [-0.25, -0.2) is 4.79 Å². The third kappa shape index (κ3) is 6.90. The first-order valence-electron chi connectivity index (χ1n) is 11.1. The fourth-order valence-electron chi connectivity index (χ4n) is 3.82. The first-order chi connectivity index (χ1) is 15.2. The highest BCUT2D eigenvalue weighted by Gasteiger charge is 2.45. The van der Waals surface area contributed by atoms with Gasteiger partial charge in [0.1, 0.15) is 18.8 Å². The van der Waals surface area contributed by atoms with Crippen LogP contribution in [0.4, 0.5) is 0 Å². The van der Waals surface area contributed by atoms with E-state index in [2.05, 4.69) is 5.32 Å². The SMILES string of the molecule is CC(C)C[C@H](NC(=O)[C@H]1OC(C)(C)O[C@H]1Cc1ccccc1)C(=O)OCc1ccccc1. The fourth-order valence-corrected chi connectivity index (χ4v) is 3.82. The molecule has 0 unspecified atom stereocenters. The van der Waals surface area contributed by atoms with Crippen LogP contribution in [0.15, 0.2) is 60.7 Å². The van der Waals surface area contributed by atoms with Crippen molar-refractivity contribution in [2.75, 3.05) is 0 Å². The third-order valence-electron chi connectivity index (χ3n) is 5.25. The number of nitrogens with one attached hydrogen (secondary N) is 1.